The fraction of sp³-hybridized carbons (Fsp3) is 0.407. The molecule has 1 saturated heterocycles. The van der Waals surface area contributed by atoms with Crippen molar-refractivity contribution in [1.29, 1.82) is 0 Å². The smallest absolute Gasteiger partial charge is 0.225 e. The molecule has 0 saturated carbocycles. The largest absolute Gasteiger partial charge is 0.493 e. The number of aromatic amines is 1. The van der Waals surface area contributed by atoms with Crippen LogP contribution in [0.3, 0.4) is 0 Å². The van der Waals surface area contributed by atoms with Crippen LogP contribution in [0.1, 0.15) is 42.1 Å². The molecule has 7 heteroatoms. The summed E-state index contributed by atoms with van der Waals surface area (Å²) in [6.45, 7) is 1.04. The highest BCUT2D eigenvalue weighted by Crippen LogP contribution is 2.35. The zero-order chi connectivity index (χ0) is 23.7. The number of nitrogens with one attached hydrogen (secondary N) is 2. The standard InChI is InChI=1S/C27H31N3O4/c1-33-23-11-10-17(14-24(23)34-2)12-13-30-16-18(15-25(30)31)27(32)29-22-9-5-7-20-19-6-3-4-8-21(19)28-26(20)22/h3-4,6,8,10-11,14,18,22,28H,5,7,9,12-13,15-16H2,1-2H3,(H,29,32)/t18-,22+/m1/s1. The molecular weight excluding hydrogens is 430 g/mol. The number of H-pyrrole nitrogens is 1. The Hall–Kier alpha value is -3.48. The number of rotatable bonds is 7. The summed E-state index contributed by atoms with van der Waals surface area (Å²) in [5.41, 5.74) is 4.61. The number of aryl methyl sites for hydroxylation is 1. The predicted octanol–water partition coefficient (Wildman–Crippen LogP) is 3.77. The van der Waals surface area contributed by atoms with Crippen molar-refractivity contribution in [2.45, 2.75) is 38.1 Å². The van der Waals surface area contributed by atoms with Crippen LogP contribution in [-0.4, -0.2) is 49.0 Å². The Morgan fingerprint density at radius 3 is 2.79 bits per heavy atom. The highest BCUT2D eigenvalue weighted by atomic mass is 16.5. The van der Waals surface area contributed by atoms with Crippen LogP contribution in [0.2, 0.25) is 0 Å². The van der Waals surface area contributed by atoms with E-state index in [0.29, 0.717) is 31.0 Å². The van der Waals surface area contributed by atoms with Crippen LogP contribution in [0.5, 0.6) is 11.5 Å². The Bertz CT molecular complexity index is 1220. The maximum absolute atomic E-state index is 13.1. The third-order valence-corrected chi connectivity index (χ3v) is 7.13. The fourth-order valence-electron chi connectivity index (χ4n) is 5.31. The number of nitrogens with zero attached hydrogens (tertiary/aromatic N) is 1. The maximum Gasteiger partial charge on any atom is 0.225 e. The van der Waals surface area contributed by atoms with Crippen molar-refractivity contribution in [3.8, 4) is 11.5 Å². The van der Waals surface area contributed by atoms with Crippen LogP contribution in [0.15, 0.2) is 42.5 Å². The van der Waals surface area contributed by atoms with Crippen LogP contribution >= 0.6 is 0 Å². The van der Waals surface area contributed by atoms with Crippen LogP contribution in [0.25, 0.3) is 10.9 Å². The predicted molar refractivity (Wildman–Crippen MR) is 130 cm³/mol. The molecular formula is C27H31N3O4. The summed E-state index contributed by atoms with van der Waals surface area (Å²) >= 11 is 0. The van der Waals surface area contributed by atoms with E-state index < -0.39 is 0 Å². The molecule has 2 heterocycles. The average molecular weight is 462 g/mol. The molecule has 0 spiro atoms. The van der Waals surface area contributed by atoms with Gasteiger partial charge >= 0.3 is 0 Å². The van der Waals surface area contributed by atoms with E-state index in [1.54, 1.807) is 19.1 Å². The van der Waals surface area contributed by atoms with Crippen molar-refractivity contribution in [2.24, 2.45) is 5.92 Å². The zero-order valence-corrected chi connectivity index (χ0v) is 19.7. The highest BCUT2D eigenvalue weighted by Gasteiger charge is 2.36. The number of para-hydroxylation sites is 1. The molecule has 2 aromatic carbocycles. The molecule has 7 nitrogen and oxygen atoms in total. The van der Waals surface area contributed by atoms with Gasteiger partial charge in [-0.2, -0.15) is 0 Å². The van der Waals surface area contributed by atoms with Gasteiger partial charge in [0, 0.05) is 36.1 Å². The molecule has 0 radical (unpaired) electrons. The van der Waals surface area contributed by atoms with Crippen molar-refractivity contribution in [2.75, 3.05) is 27.3 Å². The number of carbonyl (C=O) groups is 2. The van der Waals surface area contributed by atoms with Crippen molar-refractivity contribution >= 4 is 22.7 Å². The highest BCUT2D eigenvalue weighted by molar-refractivity contribution is 5.90. The second-order valence-electron chi connectivity index (χ2n) is 9.20. The van der Waals surface area contributed by atoms with Crippen LogP contribution in [0, 0.1) is 5.92 Å². The first kappa shape index (κ1) is 22.3. The number of fused-ring (bicyclic) bond motifs is 3. The van der Waals surface area contributed by atoms with E-state index in [9.17, 15) is 9.59 Å². The van der Waals surface area contributed by atoms with Gasteiger partial charge in [-0.05, 0) is 55.0 Å². The number of hydrogen-bond donors (Lipinski definition) is 2. The van der Waals surface area contributed by atoms with Gasteiger partial charge in [0.2, 0.25) is 11.8 Å². The molecule has 2 aliphatic rings. The minimum absolute atomic E-state index is 0.0282. The molecule has 1 fully saturated rings. The molecule has 1 aromatic heterocycles. The third kappa shape index (κ3) is 4.22. The first-order valence-electron chi connectivity index (χ1n) is 12.0. The van der Waals surface area contributed by atoms with Gasteiger partial charge in [-0.25, -0.2) is 0 Å². The topological polar surface area (TPSA) is 83.7 Å². The van der Waals surface area contributed by atoms with Gasteiger partial charge in [-0.3, -0.25) is 9.59 Å². The lowest BCUT2D eigenvalue weighted by molar-refractivity contribution is -0.129. The van der Waals surface area contributed by atoms with Crippen molar-refractivity contribution < 1.29 is 19.1 Å². The van der Waals surface area contributed by atoms with Gasteiger partial charge in [0.05, 0.1) is 26.2 Å². The van der Waals surface area contributed by atoms with Gasteiger partial charge < -0.3 is 24.7 Å². The lowest BCUT2D eigenvalue weighted by atomic mass is 9.91. The van der Waals surface area contributed by atoms with E-state index >= 15 is 0 Å². The minimum atomic E-state index is -0.312. The SMILES string of the molecule is COc1ccc(CCN2C[C@H](C(=O)N[C@H]3CCCc4c3[nH]c3ccccc43)CC2=O)cc1OC. The second-order valence-corrected chi connectivity index (χ2v) is 9.20. The number of hydrogen-bond acceptors (Lipinski definition) is 4. The number of benzene rings is 2. The Morgan fingerprint density at radius 1 is 1.15 bits per heavy atom. The van der Waals surface area contributed by atoms with Crippen molar-refractivity contribution in [3.05, 3.63) is 59.3 Å². The quantitative estimate of drug-likeness (QED) is 0.561. The minimum Gasteiger partial charge on any atom is -0.493 e. The molecule has 0 unspecified atom stereocenters. The van der Waals surface area contributed by atoms with Crippen molar-refractivity contribution in [1.82, 2.24) is 15.2 Å². The summed E-state index contributed by atoms with van der Waals surface area (Å²) < 4.78 is 10.7. The summed E-state index contributed by atoms with van der Waals surface area (Å²) in [4.78, 5) is 31.1. The molecule has 178 valence electrons. The number of aromatic nitrogens is 1. The van der Waals surface area contributed by atoms with Gasteiger partial charge in [0.1, 0.15) is 0 Å². The monoisotopic (exact) mass is 461 g/mol. The Morgan fingerprint density at radius 2 is 1.97 bits per heavy atom. The van der Waals surface area contributed by atoms with E-state index in [4.69, 9.17) is 9.47 Å². The van der Waals surface area contributed by atoms with E-state index in [0.717, 1.165) is 36.0 Å². The van der Waals surface area contributed by atoms with E-state index in [1.165, 1.54) is 10.9 Å². The van der Waals surface area contributed by atoms with Crippen LogP contribution in [-0.2, 0) is 22.4 Å². The Kier molecular flexibility index (Phi) is 6.18. The fourth-order valence-corrected chi connectivity index (χ4v) is 5.31. The maximum atomic E-state index is 13.1. The summed E-state index contributed by atoms with van der Waals surface area (Å²) in [7, 11) is 3.22. The lowest BCUT2D eigenvalue weighted by Gasteiger charge is -2.25. The van der Waals surface area contributed by atoms with Gasteiger partial charge in [-0.15, -0.1) is 0 Å². The normalized spacial score (nSPS) is 19.8. The number of amides is 2. The summed E-state index contributed by atoms with van der Waals surface area (Å²) in [6.07, 6.45) is 3.94. The molecule has 2 N–H and O–H groups in total. The zero-order valence-electron chi connectivity index (χ0n) is 19.7. The van der Waals surface area contributed by atoms with Crippen LogP contribution in [0.4, 0.5) is 0 Å². The molecule has 34 heavy (non-hydrogen) atoms. The van der Waals surface area contributed by atoms with E-state index in [-0.39, 0.29) is 30.2 Å². The molecule has 5 rings (SSSR count). The number of methoxy groups -OCH3 is 2. The molecule has 2 atom stereocenters. The molecule has 1 aliphatic carbocycles. The first-order chi connectivity index (χ1) is 16.6. The summed E-state index contributed by atoms with van der Waals surface area (Å²) in [6, 6.07) is 14.1. The number of ether oxygens (including phenoxy) is 2. The Labute approximate surface area is 199 Å². The third-order valence-electron chi connectivity index (χ3n) is 7.13. The Balaban J connectivity index is 1.21. The van der Waals surface area contributed by atoms with Gasteiger partial charge in [0.25, 0.3) is 0 Å². The molecule has 0 bridgehead atoms. The summed E-state index contributed by atoms with van der Waals surface area (Å²) in [5, 5.41) is 4.49. The average Bonchev–Trinajstić information content (AvgIpc) is 3.43. The van der Waals surface area contributed by atoms with Crippen LogP contribution < -0.4 is 14.8 Å². The number of carbonyl (C=O) groups excluding carboxylic acids is 2. The van der Waals surface area contributed by atoms with E-state index in [1.807, 2.05) is 24.3 Å². The second kappa shape index (κ2) is 9.41. The van der Waals surface area contributed by atoms with Crippen molar-refractivity contribution in [3.63, 3.8) is 0 Å². The first-order valence-corrected chi connectivity index (χ1v) is 12.0. The van der Waals surface area contributed by atoms with E-state index in [2.05, 4.69) is 28.5 Å². The molecule has 3 aromatic rings. The summed E-state index contributed by atoms with van der Waals surface area (Å²) in [5.74, 6) is 1.05. The molecule has 2 amide bonds. The van der Waals surface area contributed by atoms with Gasteiger partial charge in [-0.1, -0.05) is 24.3 Å². The number of likely N-dealkylation sites (tertiary alicyclic amines) is 1. The molecule has 1 aliphatic heterocycles. The van der Waals surface area contributed by atoms with Gasteiger partial charge in [0.15, 0.2) is 11.5 Å². The lowest BCUT2D eigenvalue weighted by Crippen LogP contribution is -2.37.